The third kappa shape index (κ3) is 2.49. The molecule has 1 aliphatic rings. The highest BCUT2D eigenvalue weighted by Gasteiger charge is 2.29. The topological polar surface area (TPSA) is 56.9 Å². The van der Waals surface area contributed by atoms with Crippen LogP contribution in [0.15, 0.2) is 30.5 Å². The summed E-state index contributed by atoms with van der Waals surface area (Å²) in [5, 5.41) is 7.56. The molecular weight excluding hydrogens is 238 g/mol. The van der Waals surface area contributed by atoms with Crippen LogP contribution in [0.2, 0.25) is 0 Å². The van der Waals surface area contributed by atoms with Crippen LogP contribution in [-0.2, 0) is 11.2 Å². The highest BCUT2D eigenvalue weighted by molar-refractivity contribution is 5.89. The molecule has 2 aromatic rings. The number of carbonyl (C=O) groups is 1. The molecule has 3 N–H and O–H groups in total. The van der Waals surface area contributed by atoms with Gasteiger partial charge < -0.3 is 15.6 Å². The van der Waals surface area contributed by atoms with Crippen molar-refractivity contribution in [2.24, 2.45) is 0 Å². The molecule has 1 aliphatic heterocycles. The van der Waals surface area contributed by atoms with Crippen LogP contribution in [0.5, 0.6) is 0 Å². The lowest BCUT2D eigenvalue weighted by atomic mass is 10.0. The largest absolute Gasteiger partial charge is 0.361 e. The summed E-state index contributed by atoms with van der Waals surface area (Å²) in [6.07, 6.45) is 3.35. The molecule has 1 saturated heterocycles. The van der Waals surface area contributed by atoms with Gasteiger partial charge in [0.2, 0.25) is 5.91 Å². The summed E-state index contributed by atoms with van der Waals surface area (Å²) in [6, 6.07) is 8.07. The van der Waals surface area contributed by atoms with E-state index in [1.54, 1.807) is 0 Å². The Morgan fingerprint density at radius 3 is 3.05 bits per heavy atom. The Bertz CT molecular complexity index is 596. The standard InChI is InChI=1S/C15H19N3O/c1-15(6-7-16-10-15)18-14(19)8-11-9-17-13-5-3-2-4-12(11)13/h2-5,9,16-17H,6-8,10H2,1H3,(H,18,19). The lowest BCUT2D eigenvalue weighted by Gasteiger charge is -2.24. The van der Waals surface area contributed by atoms with E-state index >= 15 is 0 Å². The van der Waals surface area contributed by atoms with Crippen LogP contribution in [0.3, 0.4) is 0 Å². The molecule has 4 nitrogen and oxygen atoms in total. The van der Waals surface area contributed by atoms with E-state index < -0.39 is 0 Å². The van der Waals surface area contributed by atoms with E-state index in [1.165, 1.54) is 0 Å². The van der Waals surface area contributed by atoms with E-state index in [0.717, 1.165) is 36.0 Å². The number of hydrogen-bond donors (Lipinski definition) is 3. The van der Waals surface area contributed by atoms with Gasteiger partial charge in [-0.05, 0) is 31.5 Å². The molecule has 4 heteroatoms. The van der Waals surface area contributed by atoms with Crippen LogP contribution >= 0.6 is 0 Å². The van der Waals surface area contributed by atoms with Gasteiger partial charge in [-0.3, -0.25) is 4.79 Å². The smallest absolute Gasteiger partial charge is 0.224 e. The number of fused-ring (bicyclic) bond motifs is 1. The van der Waals surface area contributed by atoms with Crippen LogP contribution < -0.4 is 10.6 Å². The minimum Gasteiger partial charge on any atom is -0.361 e. The summed E-state index contributed by atoms with van der Waals surface area (Å²) in [5.41, 5.74) is 2.05. The monoisotopic (exact) mass is 257 g/mol. The Morgan fingerprint density at radius 1 is 1.42 bits per heavy atom. The van der Waals surface area contributed by atoms with E-state index in [0.29, 0.717) is 6.42 Å². The molecule has 1 aromatic carbocycles. The number of H-pyrrole nitrogens is 1. The van der Waals surface area contributed by atoms with E-state index in [-0.39, 0.29) is 11.4 Å². The van der Waals surface area contributed by atoms with Crippen molar-refractivity contribution in [1.29, 1.82) is 0 Å². The second-order valence-electron chi connectivity index (χ2n) is 5.57. The molecule has 1 unspecified atom stereocenters. The number of aromatic nitrogens is 1. The van der Waals surface area contributed by atoms with E-state index in [2.05, 4.69) is 22.5 Å². The fourth-order valence-corrected chi connectivity index (χ4v) is 2.76. The first-order valence-electron chi connectivity index (χ1n) is 6.73. The molecule has 1 amide bonds. The van der Waals surface area contributed by atoms with E-state index in [9.17, 15) is 4.79 Å². The molecule has 1 fully saturated rings. The van der Waals surface area contributed by atoms with Gasteiger partial charge in [0.25, 0.3) is 0 Å². The van der Waals surface area contributed by atoms with Gasteiger partial charge in [0.1, 0.15) is 0 Å². The van der Waals surface area contributed by atoms with Crippen molar-refractivity contribution >= 4 is 16.8 Å². The van der Waals surface area contributed by atoms with Crippen LogP contribution in [0, 0.1) is 0 Å². The average Bonchev–Trinajstić information content (AvgIpc) is 2.97. The van der Waals surface area contributed by atoms with Crippen molar-refractivity contribution < 1.29 is 4.79 Å². The van der Waals surface area contributed by atoms with Gasteiger partial charge in [-0.25, -0.2) is 0 Å². The molecule has 100 valence electrons. The zero-order valence-electron chi connectivity index (χ0n) is 11.1. The molecule has 0 aliphatic carbocycles. The highest BCUT2D eigenvalue weighted by atomic mass is 16.1. The summed E-state index contributed by atoms with van der Waals surface area (Å²) < 4.78 is 0. The molecule has 0 bridgehead atoms. The second kappa shape index (κ2) is 4.70. The van der Waals surface area contributed by atoms with Gasteiger partial charge in [0.15, 0.2) is 0 Å². The van der Waals surface area contributed by atoms with Gasteiger partial charge in [0.05, 0.1) is 12.0 Å². The first kappa shape index (κ1) is 12.2. The Balaban J connectivity index is 1.72. The zero-order valence-corrected chi connectivity index (χ0v) is 11.1. The van der Waals surface area contributed by atoms with Gasteiger partial charge in [-0.15, -0.1) is 0 Å². The Labute approximate surface area is 112 Å². The van der Waals surface area contributed by atoms with Gasteiger partial charge in [-0.1, -0.05) is 18.2 Å². The highest BCUT2D eigenvalue weighted by Crippen LogP contribution is 2.19. The first-order valence-corrected chi connectivity index (χ1v) is 6.73. The summed E-state index contributed by atoms with van der Waals surface area (Å²) in [7, 11) is 0. The SMILES string of the molecule is CC1(NC(=O)Cc2c[nH]c3ccccc23)CCNC1. The van der Waals surface area contributed by atoms with Crippen molar-refractivity contribution in [2.45, 2.75) is 25.3 Å². The van der Waals surface area contributed by atoms with E-state index in [4.69, 9.17) is 0 Å². The Kier molecular flexibility index (Phi) is 3.03. The third-order valence-electron chi connectivity index (χ3n) is 3.84. The molecule has 0 spiro atoms. The number of carbonyl (C=O) groups excluding carboxylic acids is 1. The normalized spacial score (nSPS) is 22.8. The lowest BCUT2D eigenvalue weighted by Crippen LogP contribution is -2.48. The van der Waals surface area contributed by atoms with Crippen LogP contribution in [0.4, 0.5) is 0 Å². The van der Waals surface area contributed by atoms with Crippen molar-refractivity contribution in [1.82, 2.24) is 15.6 Å². The lowest BCUT2D eigenvalue weighted by molar-refractivity contribution is -0.122. The summed E-state index contributed by atoms with van der Waals surface area (Å²) >= 11 is 0. The summed E-state index contributed by atoms with van der Waals surface area (Å²) in [5.74, 6) is 0.0935. The zero-order chi connectivity index (χ0) is 13.3. The maximum atomic E-state index is 12.2. The predicted molar refractivity (Wildman–Crippen MR) is 76.0 cm³/mol. The average molecular weight is 257 g/mol. The summed E-state index contributed by atoms with van der Waals surface area (Å²) in [4.78, 5) is 15.4. The molecule has 3 rings (SSSR count). The molecule has 1 aromatic heterocycles. The van der Waals surface area contributed by atoms with Crippen LogP contribution in [-0.4, -0.2) is 29.5 Å². The third-order valence-corrected chi connectivity index (χ3v) is 3.84. The minimum absolute atomic E-state index is 0.0935. The number of benzene rings is 1. The van der Waals surface area contributed by atoms with Crippen molar-refractivity contribution in [3.8, 4) is 0 Å². The molecule has 1 atom stereocenters. The molecule has 0 radical (unpaired) electrons. The molecule has 19 heavy (non-hydrogen) atoms. The Hall–Kier alpha value is -1.81. The quantitative estimate of drug-likeness (QED) is 0.782. The summed E-state index contributed by atoms with van der Waals surface area (Å²) in [6.45, 7) is 3.93. The van der Waals surface area contributed by atoms with E-state index in [1.807, 2.05) is 30.5 Å². The fraction of sp³-hybridized carbons (Fsp3) is 0.400. The fourth-order valence-electron chi connectivity index (χ4n) is 2.76. The maximum absolute atomic E-state index is 12.2. The molecular formula is C15H19N3O. The van der Waals surface area contributed by atoms with Gasteiger partial charge >= 0.3 is 0 Å². The van der Waals surface area contributed by atoms with Crippen LogP contribution in [0.1, 0.15) is 18.9 Å². The first-order chi connectivity index (χ1) is 9.16. The second-order valence-corrected chi connectivity index (χ2v) is 5.57. The van der Waals surface area contributed by atoms with Crippen molar-refractivity contribution in [3.05, 3.63) is 36.0 Å². The van der Waals surface area contributed by atoms with Crippen molar-refractivity contribution in [2.75, 3.05) is 13.1 Å². The number of amides is 1. The van der Waals surface area contributed by atoms with Crippen molar-refractivity contribution in [3.63, 3.8) is 0 Å². The number of hydrogen-bond acceptors (Lipinski definition) is 2. The number of aromatic amines is 1. The number of rotatable bonds is 3. The maximum Gasteiger partial charge on any atom is 0.224 e. The minimum atomic E-state index is -0.0941. The molecule has 2 heterocycles. The van der Waals surface area contributed by atoms with Crippen LogP contribution in [0.25, 0.3) is 10.9 Å². The number of nitrogens with one attached hydrogen (secondary N) is 3. The molecule has 0 saturated carbocycles. The van der Waals surface area contributed by atoms with Gasteiger partial charge in [0, 0.05) is 23.6 Å². The van der Waals surface area contributed by atoms with Gasteiger partial charge in [-0.2, -0.15) is 0 Å². The Morgan fingerprint density at radius 2 is 2.26 bits per heavy atom. The number of para-hydroxylation sites is 1. The predicted octanol–water partition coefficient (Wildman–Crippen LogP) is 1.58.